The number of tetrazole rings is 1. The topological polar surface area (TPSA) is 101 Å². The molecule has 4 aromatic rings. The number of H-pyrrole nitrogens is 1. The fourth-order valence-corrected chi connectivity index (χ4v) is 2.93. The molecule has 0 fully saturated rings. The number of carbonyl (C=O) groups is 2. The van der Waals surface area contributed by atoms with Gasteiger partial charge in [-0.25, -0.2) is 0 Å². The first-order chi connectivity index (χ1) is 13.2. The van der Waals surface area contributed by atoms with Gasteiger partial charge in [0, 0.05) is 23.9 Å². The van der Waals surface area contributed by atoms with E-state index in [1.54, 1.807) is 0 Å². The first-order valence-corrected chi connectivity index (χ1v) is 8.43. The lowest BCUT2D eigenvalue weighted by molar-refractivity contribution is -0.114. The third kappa shape index (κ3) is 3.62. The summed E-state index contributed by atoms with van der Waals surface area (Å²) in [5.74, 6) is -1.58. The first-order valence-electron chi connectivity index (χ1n) is 8.43. The summed E-state index contributed by atoms with van der Waals surface area (Å²) in [5.41, 5.74) is 3.43. The van der Waals surface area contributed by atoms with Crippen LogP contribution in [0.15, 0.2) is 60.7 Å². The highest BCUT2D eigenvalue weighted by molar-refractivity contribution is 6.43. The van der Waals surface area contributed by atoms with Crippen LogP contribution >= 0.6 is 0 Å². The van der Waals surface area contributed by atoms with Gasteiger partial charge in [-0.2, -0.15) is 5.21 Å². The number of aromatic nitrogens is 5. The minimum absolute atomic E-state index is 0.0621. The molecule has 0 aliphatic heterocycles. The lowest BCUT2D eigenvalue weighted by atomic mass is 9.98. The number of para-hydroxylation sites is 1. The summed E-state index contributed by atoms with van der Waals surface area (Å²) in [6.07, 6.45) is 0.512. The Bertz CT molecular complexity index is 1110. The molecular formula is C20H15N5O2. The van der Waals surface area contributed by atoms with E-state index >= 15 is 0 Å². The first kappa shape index (κ1) is 16.7. The van der Waals surface area contributed by atoms with Crippen LogP contribution in [-0.2, 0) is 17.6 Å². The Morgan fingerprint density at radius 3 is 2.52 bits per heavy atom. The maximum atomic E-state index is 12.5. The van der Waals surface area contributed by atoms with Gasteiger partial charge in [-0.05, 0) is 28.5 Å². The van der Waals surface area contributed by atoms with E-state index in [1.165, 1.54) is 0 Å². The second-order valence-electron chi connectivity index (χ2n) is 6.11. The van der Waals surface area contributed by atoms with Gasteiger partial charge in [0.1, 0.15) is 0 Å². The Hall–Kier alpha value is -3.74. The lowest BCUT2D eigenvalue weighted by Gasteiger charge is -2.10. The van der Waals surface area contributed by atoms with Crippen LogP contribution in [-0.4, -0.2) is 37.2 Å². The Morgan fingerprint density at radius 2 is 1.74 bits per heavy atom. The zero-order valence-electron chi connectivity index (χ0n) is 14.3. The summed E-state index contributed by atoms with van der Waals surface area (Å²) in [4.78, 5) is 29.4. The molecule has 0 saturated heterocycles. The van der Waals surface area contributed by atoms with Crippen molar-refractivity contribution in [3.05, 3.63) is 83.3 Å². The summed E-state index contributed by atoms with van der Waals surface area (Å²) in [6, 6.07) is 19.5. The average Bonchev–Trinajstić information content (AvgIpc) is 3.23. The molecule has 27 heavy (non-hydrogen) atoms. The highest BCUT2D eigenvalue weighted by Crippen LogP contribution is 2.20. The van der Waals surface area contributed by atoms with E-state index in [2.05, 4.69) is 20.6 Å². The van der Waals surface area contributed by atoms with Crippen LogP contribution in [0.5, 0.6) is 0 Å². The Morgan fingerprint density at radius 1 is 0.963 bits per heavy atom. The summed E-state index contributed by atoms with van der Waals surface area (Å²) in [5, 5.41) is 13.6. The number of aromatic amines is 1. The second-order valence-corrected chi connectivity index (χ2v) is 6.11. The zero-order valence-corrected chi connectivity index (χ0v) is 14.3. The lowest BCUT2D eigenvalue weighted by Crippen LogP contribution is -2.19. The average molecular weight is 357 g/mol. The van der Waals surface area contributed by atoms with Gasteiger partial charge in [-0.3, -0.25) is 14.6 Å². The van der Waals surface area contributed by atoms with E-state index in [-0.39, 0.29) is 12.2 Å². The summed E-state index contributed by atoms with van der Waals surface area (Å²) in [7, 11) is 0. The summed E-state index contributed by atoms with van der Waals surface area (Å²) < 4.78 is 0. The van der Waals surface area contributed by atoms with Crippen LogP contribution in [0.1, 0.15) is 27.4 Å². The predicted molar refractivity (Wildman–Crippen MR) is 98.2 cm³/mol. The van der Waals surface area contributed by atoms with Crippen molar-refractivity contribution in [2.75, 3.05) is 0 Å². The molecule has 2 aromatic carbocycles. The fraction of sp³-hybridized carbons (Fsp3) is 0.100. The van der Waals surface area contributed by atoms with Crippen LogP contribution < -0.4 is 0 Å². The maximum absolute atomic E-state index is 12.5. The molecule has 0 aliphatic rings. The van der Waals surface area contributed by atoms with Crippen molar-refractivity contribution in [1.29, 1.82) is 0 Å². The molecule has 0 aliphatic carbocycles. The van der Waals surface area contributed by atoms with Gasteiger partial charge in [-0.1, -0.05) is 48.5 Å². The number of pyridine rings is 1. The number of Topliss-reactive ketones (excluding diaryl/α,β-unsaturated/α-hetero) is 2. The minimum Gasteiger partial charge on any atom is -0.290 e. The number of nitrogens with one attached hydrogen (secondary N) is 1. The molecule has 0 amide bonds. The summed E-state index contributed by atoms with van der Waals surface area (Å²) in [6.45, 7) is 0. The van der Waals surface area contributed by atoms with Crippen molar-refractivity contribution in [3.63, 3.8) is 0 Å². The van der Waals surface area contributed by atoms with Crippen LogP contribution in [0.4, 0.5) is 0 Å². The fourth-order valence-electron chi connectivity index (χ4n) is 2.93. The van der Waals surface area contributed by atoms with E-state index in [1.807, 2.05) is 60.7 Å². The predicted octanol–water partition coefficient (Wildman–Crippen LogP) is 2.33. The number of fused-ring (bicyclic) bond motifs is 1. The van der Waals surface area contributed by atoms with Crippen LogP contribution in [0.2, 0.25) is 0 Å². The van der Waals surface area contributed by atoms with Crippen molar-refractivity contribution in [2.24, 2.45) is 0 Å². The molecule has 132 valence electrons. The Kier molecular flexibility index (Phi) is 4.49. The molecule has 2 heterocycles. The molecular weight excluding hydrogens is 342 g/mol. The Labute approximate surface area is 154 Å². The SMILES string of the molecule is O=C(Cc1cc2ccccc2nc1Cc1ccccc1)C(=O)c1nn[nH]n1. The summed E-state index contributed by atoms with van der Waals surface area (Å²) >= 11 is 0. The number of carbonyl (C=O) groups excluding carboxylic acids is 2. The minimum atomic E-state index is -0.762. The van der Waals surface area contributed by atoms with Crippen molar-refractivity contribution in [2.45, 2.75) is 12.8 Å². The molecule has 7 nitrogen and oxygen atoms in total. The van der Waals surface area contributed by atoms with Crippen molar-refractivity contribution < 1.29 is 9.59 Å². The molecule has 0 atom stereocenters. The molecule has 0 saturated carbocycles. The highest BCUT2D eigenvalue weighted by Gasteiger charge is 2.22. The van der Waals surface area contributed by atoms with E-state index in [4.69, 9.17) is 4.98 Å². The molecule has 0 bridgehead atoms. The van der Waals surface area contributed by atoms with E-state index in [0.717, 1.165) is 27.7 Å². The van der Waals surface area contributed by atoms with Gasteiger partial charge in [-0.15, -0.1) is 10.2 Å². The standard InChI is InChI=1S/C20H15N5O2/c26-18(19(27)20-22-24-25-23-20)12-15-11-14-8-4-5-9-16(14)21-17(15)10-13-6-2-1-3-7-13/h1-9,11H,10,12H2,(H,22,23,24,25). The number of ketones is 2. The molecule has 1 N–H and O–H groups in total. The van der Waals surface area contributed by atoms with Crippen LogP contribution in [0, 0.1) is 0 Å². The normalized spacial score (nSPS) is 10.8. The van der Waals surface area contributed by atoms with Gasteiger partial charge in [0.05, 0.1) is 5.52 Å². The number of hydrogen-bond donors (Lipinski definition) is 1. The van der Waals surface area contributed by atoms with E-state index in [0.29, 0.717) is 6.42 Å². The van der Waals surface area contributed by atoms with Crippen molar-refractivity contribution >= 4 is 22.5 Å². The number of nitrogens with zero attached hydrogens (tertiary/aromatic N) is 4. The zero-order chi connectivity index (χ0) is 18.6. The van der Waals surface area contributed by atoms with Gasteiger partial charge in [0.25, 0.3) is 5.78 Å². The largest absolute Gasteiger partial charge is 0.290 e. The number of hydrogen-bond acceptors (Lipinski definition) is 6. The van der Waals surface area contributed by atoms with Crippen LogP contribution in [0.25, 0.3) is 10.9 Å². The van der Waals surface area contributed by atoms with Crippen molar-refractivity contribution in [1.82, 2.24) is 25.6 Å². The number of benzene rings is 2. The van der Waals surface area contributed by atoms with E-state index < -0.39 is 11.6 Å². The maximum Gasteiger partial charge on any atom is 0.269 e. The van der Waals surface area contributed by atoms with E-state index in [9.17, 15) is 9.59 Å². The third-order valence-corrected chi connectivity index (χ3v) is 4.26. The highest BCUT2D eigenvalue weighted by atomic mass is 16.2. The molecule has 0 radical (unpaired) electrons. The second kappa shape index (κ2) is 7.25. The van der Waals surface area contributed by atoms with Crippen LogP contribution in [0.3, 0.4) is 0 Å². The van der Waals surface area contributed by atoms with Gasteiger partial charge < -0.3 is 0 Å². The van der Waals surface area contributed by atoms with Gasteiger partial charge in [0.2, 0.25) is 11.6 Å². The molecule has 7 heteroatoms. The molecule has 2 aromatic heterocycles. The monoisotopic (exact) mass is 357 g/mol. The quantitative estimate of drug-likeness (QED) is 0.420. The Balaban J connectivity index is 1.70. The van der Waals surface area contributed by atoms with Gasteiger partial charge in [0.15, 0.2) is 0 Å². The third-order valence-electron chi connectivity index (χ3n) is 4.26. The number of rotatable bonds is 6. The molecule has 0 spiro atoms. The van der Waals surface area contributed by atoms with Gasteiger partial charge >= 0.3 is 0 Å². The molecule has 0 unspecified atom stereocenters. The van der Waals surface area contributed by atoms with Crippen molar-refractivity contribution in [3.8, 4) is 0 Å². The molecule has 4 rings (SSSR count). The smallest absolute Gasteiger partial charge is 0.269 e.